The number of nitriles is 1. The van der Waals surface area contributed by atoms with Crippen LogP contribution < -0.4 is 5.73 Å². The molecule has 1 atom stereocenters. The minimum atomic E-state index is 0.0579. The first-order valence-corrected chi connectivity index (χ1v) is 7.48. The second-order valence-corrected chi connectivity index (χ2v) is 6.96. The van der Waals surface area contributed by atoms with Crippen molar-refractivity contribution in [2.75, 3.05) is 5.73 Å². The third kappa shape index (κ3) is 3.21. The van der Waals surface area contributed by atoms with Crippen LogP contribution in [-0.4, -0.2) is 26.2 Å². The fourth-order valence-electron chi connectivity index (χ4n) is 2.82. The standard InChI is InChI=1S/C16H19N7/c1-16(2,3)5-12-13(8-23-9-20-15(18)22-23)19-7-10-4-11(6-17)21-14(10)12/h4,7,9,12H,5,8H2,1-3H3,(H2,18,22). The van der Waals surface area contributed by atoms with Gasteiger partial charge in [-0.05, 0) is 17.9 Å². The molecule has 2 aliphatic heterocycles. The number of hydrogen-bond donors (Lipinski definition) is 1. The summed E-state index contributed by atoms with van der Waals surface area (Å²) >= 11 is 0. The van der Waals surface area contributed by atoms with Gasteiger partial charge in [0.05, 0.1) is 12.3 Å². The Morgan fingerprint density at radius 1 is 1.39 bits per heavy atom. The van der Waals surface area contributed by atoms with Crippen LogP contribution in [0.4, 0.5) is 5.95 Å². The fourth-order valence-corrected chi connectivity index (χ4v) is 2.82. The zero-order valence-corrected chi connectivity index (χ0v) is 13.5. The fraction of sp³-hybridized carbons (Fsp3) is 0.438. The summed E-state index contributed by atoms with van der Waals surface area (Å²) in [5.41, 5.74) is 8.93. The smallest absolute Gasteiger partial charge is 0.239 e. The molecule has 7 nitrogen and oxygen atoms in total. The largest absolute Gasteiger partial charge is 0.367 e. The van der Waals surface area contributed by atoms with Gasteiger partial charge >= 0.3 is 0 Å². The Morgan fingerprint density at radius 2 is 2.17 bits per heavy atom. The lowest BCUT2D eigenvalue weighted by molar-refractivity contribution is 0.363. The van der Waals surface area contributed by atoms with Crippen molar-refractivity contribution in [3.05, 3.63) is 29.9 Å². The number of nitrogens with zero attached hydrogens (tertiary/aromatic N) is 6. The first kappa shape index (κ1) is 15.2. The average molecular weight is 309 g/mol. The van der Waals surface area contributed by atoms with Gasteiger partial charge in [-0.25, -0.2) is 14.7 Å². The van der Waals surface area contributed by atoms with Gasteiger partial charge in [-0.1, -0.05) is 20.8 Å². The van der Waals surface area contributed by atoms with E-state index in [1.165, 1.54) is 0 Å². The van der Waals surface area contributed by atoms with E-state index in [9.17, 15) is 0 Å². The third-order valence-corrected chi connectivity index (χ3v) is 3.74. The number of nitrogen functional groups attached to an aromatic ring is 1. The molecular formula is C16H19N7. The minimum absolute atomic E-state index is 0.0579. The molecule has 1 aromatic heterocycles. The summed E-state index contributed by atoms with van der Waals surface area (Å²) in [7, 11) is 0. The molecule has 2 aliphatic rings. The Balaban J connectivity index is 1.93. The van der Waals surface area contributed by atoms with Gasteiger partial charge in [0, 0.05) is 23.4 Å². The Kier molecular flexibility index (Phi) is 3.60. The van der Waals surface area contributed by atoms with Crippen molar-refractivity contribution in [3.63, 3.8) is 0 Å². The first-order chi connectivity index (χ1) is 10.9. The number of allylic oxidation sites excluding steroid dienone is 3. The maximum Gasteiger partial charge on any atom is 0.239 e. The monoisotopic (exact) mass is 309 g/mol. The number of fused-ring (bicyclic) bond motifs is 1. The molecule has 0 spiro atoms. The van der Waals surface area contributed by atoms with Crippen LogP contribution in [0.2, 0.25) is 0 Å². The second-order valence-electron chi connectivity index (χ2n) is 6.96. The Labute approximate surface area is 134 Å². The van der Waals surface area contributed by atoms with Crippen LogP contribution in [0.3, 0.4) is 0 Å². The molecule has 118 valence electrons. The van der Waals surface area contributed by atoms with Crippen molar-refractivity contribution < 1.29 is 0 Å². The number of anilines is 1. The maximum atomic E-state index is 9.11. The van der Waals surface area contributed by atoms with Crippen molar-refractivity contribution in [3.8, 4) is 6.07 Å². The molecule has 0 aliphatic carbocycles. The van der Waals surface area contributed by atoms with E-state index < -0.39 is 0 Å². The summed E-state index contributed by atoms with van der Waals surface area (Å²) in [5.74, 6) is 0.305. The van der Waals surface area contributed by atoms with Crippen molar-refractivity contribution >= 4 is 17.4 Å². The summed E-state index contributed by atoms with van der Waals surface area (Å²) in [6.07, 6.45) is 6.05. The molecule has 0 fully saturated rings. The molecule has 2 N–H and O–H groups in total. The van der Waals surface area contributed by atoms with Crippen molar-refractivity contribution in [2.45, 2.75) is 33.7 Å². The molecule has 0 bridgehead atoms. The lowest BCUT2D eigenvalue weighted by Gasteiger charge is -2.29. The number of aliphatic imine (C=N–C) groups is 2. The molecule has 0 saturated carbocycles. The topological polar surface area (TPSA) is 105 Å². The maximum absolute atomic E-state index is 9.11. The summed E-state index contributed by atoms with van der Waals surface area (Å²) in [6, 6.07) is 2.11. The number of nitrogens with two attached hydrogens (primary N) is 1. The van der Waals surface area contributed by atoms with E-state index in [0.29, 0.717) is 12.2 Å². The Hall–Kier alpha value is -2.75. The van der Waals surface area contributed by atoms with Gasteiger partial charge in [-0.2, -0.15) is 5.26 Å². The third-order valence-electron chi connectivity index (χ3n) is 3.74. The van der Waals surface area contributed by atoms with Gasteiger partial charge in [-0.3, -0.25) is 4.99 Å². The van der Waals surface area contributed by atoms with E-state index >= 15 is 0 Å². The normalized spacial score (nSPS) is 20.2. The summed E-state index contributed by atoms with van der Waals surface area (Å²) in [4.78, 5) is 13.0. The number of aromatic nitrogens is 3. The lowest BCUT2D eigenvalue weighted by Crippen LogP contribution is -2.33. The van der Waals surface area contributed by atoms with Gasteiger partial charge in [0.25, 0.3) is 0 Å². The van der Waals surface area contributed by atoms with Crippen LogP contribution in [0.25, 0.3) is 0 Å². The van der Waals surface area contributed by atoms with Crippen LogP contribution in [0, 0.1) is 22.7 Å². The number of hydrogen-bond acceptors (Lipinski definition) is 6. The highest BCUT2D eigenvalue weighted by molar-refractivity contribution is 6.19. The highest BCUT2D eigenvalue weighted by atomic mass is 15.4. The van der Waals surface area contributed by atoms with Crippen molar-refractivity contribution in [1.82, 2.24) is 14.8 Å². The van der Waals surface area contributed by atoms with E-state index in [0.717, 1.165) is 23.4 Å². The molecule has 0 aromatic carbocycles. The van der Waals surface area contributed by atoms with Gasteiger partial charge in [-0.15, -0.1) is 5.10 Å². The van der Waals surface area contributed by atoms with Crippen molar-refractivity contribution in [1.29, 1.82) is 5.26 Å². The van der Waals surface area contributed by atoms with E-state index in [-0.39, 0.29) is 17.3 Å². The Morgan fingerprint density at radius 3 is 2.78 bits per heavy atom. The average Bonchev–Trinajstić information content (AvgIpc) is 3.06. The van der Waals surface area contributed by atoms with Crippen LogP contribution in [0.1, 0.15) is 27.2 Å². The van der Waals surface area contributed by atoms with Crippen molar-refractivity contribution in [2.24, 2.45) is 21.3 Å². The molecule has 3 rings (SSSR count). The number of rotatable bonds is 3. The first-order valence-electron chi connectivity index (χ1n) is 7.48. The van der Waals surface area contributed by atoms with E-state index in [1.807, 2.05) is 0 Å². The lowest BCUT2D eigenvalue weighted by atomic mass is 9.78. The van der Waals surface area contributed by atoms with Crippen LogP contribution >= 0.6 is 0 Å². The molecule has 0 radical (unpaired) electrons. The zero-order valence-electron chi connectivity index (χ0n) is 13.5. The predicted molar refractivity (Wildman–Crippen MR) is 88.6 cm³/mol. The highest BCUT2D eigenvalue weighted by Crippen LogP contribution is 2.34. The van der Waals surface area contributed by atoms with E-state index in [1.54, 1.807) is 23.3 Å². The van der Waals surface area contributed by atoms with E-state index in [4.69, 9.17) is 11.0 Å². The second kappa shape index (κ2) is 5.47. The minimum Gasteiger partial charge on any atom is -0.367 e. The molecule has 0 saturated heterocycles. The van der Waals surface area contributed by atoms with Crippen LogP contribution in [-0.2, 0) is 6.54 Å². The molecule has 0 amide bonds. The molecule has 23 heavy (non-hydrogen) atoms. The summed E-state index contributed by atoms with van der Waals surface area (Å²) in [6.45, 7) is 7.06. The molecule has 1 aromatic rings. The quantitative estimate of drug-likeness (QED) is 0.923. The SMILES string of the molecule is CC(C)(C)CC1C(Cn2cnc(N)n2)=NC=C2C=C(C#N)N=C21. The molecule has 7 heteroatoms. The Bertz CT molecular complexity index is 793. The van der Waals surface area contributed by atoms with Gasteiger partial charge in [0.2, 0.25) is 5.95 Å². The van der Waals surface area contributed by atoms with Gasteiger partial charge < -0.3 is 5.73 Å². The van der Waals surface area contributed by atoms with Gasteiger partial charge in [0.15, 0.2) is 0 Å². The summed E-state index contributed by atoms with van der Waals surface area (Å²) < 4.78 is 1.68. The molecule has 3 heterocycles. The predicted octanol–water partition coefficient (Wildman–Crippen LogP) is 2.11. The zero-order chi connectivity index (χ0) is 16.6. The summed E-state index contributed by atoms with van der Waals surface area (Å²) in [5, 5.41) is 13.2. The van der Waals surface area contributed by atoms with E-state index in [2.05, 4.69) is 46.9 Å². The highest BCUT2D eigenvalue weighted by Gasteiger charge is 2.33. The van der Waals surface area contributed by atoms with Crippen LogP contribution in [0.5, 0.6) is 0 Å². The molecule has 1 unspecified atom stereocenters. The van der Waals surface area contributed by atoms with Crippen LogP contribution in [0.15, 0.2) is 39.9 Å². The van der Waals surface area contributed by atoms with Gasteiger partial charge in [0.1, 0.15) is 18.1 Å². The molecular weight excluding hydrogens is 290 g/mol.